The Labute approximate surface area is 98.5 Å². The van der Waals surface area contributed by atoms with Gasteiger partial charge in [0, 0.05) is 10.8 Å². The summed E-state index contributed by atoms with van der Waals surface area (Å²) in [5.41, 5.74) is 0.336. The highest BCUT2D eigenvalue weighted by molar-refractivity contribution is 6.21. The molecule has 0 aliphatic heterocycles. The Bertz CT molecular complexity index is 207. The van der Waals surface area contributed by atoms with Gasteiger partial charge in [0.2, 0.25) is 0 Å². The van der Waals surface area contributed by atoms with Crippen LogP contribution in [0.15, 0.2) is 0 Å². The van der Waals surface area contributed by atoms with Gasteiger partial charge >= 0.3 is 0 Å². The lowest BCUT2D eigenvalue weighted by atomic mass is 9.61. The molecule has 0 aromatic carbocycles. The minimum absolute atomic E-state index is 0.336. The van der Waals surface area contributed by atoms with Crippen LogP contribution in [-0.2, 0) is 4.74 Å². The summed E-state index contributed by atoms with van der Waals surface area (Å²) in [5.74, 6) is 0. The van der Waals surface area contributed by atoms with Crippen molar-refractivity contribution in [1.82, 2.24) is 0 Å². The molecule has 0 heterocycles. The zero-order chi connectivity index (χ0) is 10.9. The second kappa shape index (κ2) is 4.63. The Hall–Kier alpha value is 0.250. The van der Waals surface area contributed by atoms with Crippen molar-refractivity contribution in [3.63, 3.8) is 0 Å². The van der Waals surface area contributed by atoms with Gasteiger partial charge in [0.15, 0.2) is 0 Å². The van der Waals surface area contributed by atoms with E-state index in [-0.39, 0.29) is 0 Å². The van der Waals surface area contributed by atoms with Crippen LogP contribution in [0.4, 0.5) is 0 Å². The average molecular weight is 231 g/mol. The quantitative estimate of drug-likeness (QED) is 0.649. The predicted molar refractivity (Wildman–Crippen MR) is 64.4 cm³/mol. The highest BCUT2D eigenvalue weighted by Crippen LogP contribution is 2.55. The third-order valence-corrected chi connectivity index (χ3v) is 4.77. The first-order valence-corrected chi connectivity index (χ1v) is 6.88. The molecule has 0 bridgehead atoms. The van der Waals surface area contributed by atoms with Gasteiger partial charge < -0.3 is 4.74 Å². The third kappa shape index (κ3) is 2.19. The van der Waals surface area contributed by atoms with E-state index in [1.165, 1.54) is 38.5 Å². The van der Waals surface area contributed by atoms with Crippen molar-refractivity contribution in [3.05, 3.63) is 0 Å². The Balaban J connectivity index is 2.01. The molecular formula is C13H23ClO. The van der Waals surface area contributed by atoms with E-state index in [1.807, 2.05) is 0 Å². The van der Waals surface area contributed by atoms with Crippen molar-refractivity contribution in [1.29, 1.82) is 0 Å². The summed E-state index contributed by atoms with van der Waals surface area (Å²) in [5, 5.41) is 0.374. The summed E-state index contributed by atoms with van der Waals surface area (Å²) in [6.45, 7) is 4.26. The van der Waals surface area contributed by atoms with Crippen LogP contribution in [0.1, 0.15) is 58.8 Å². The minimum Gasteiger partial charge on any atom is -0.375 e. The zero-order valence-corrected chi connectivity index (χ0v) is 10.7. The predicted octanol–water partition coefficient (Wildman–Crippen LogP) is 4.13. The van der Waals surface area contributed by atoms with Crippen molar-refractivity contribution >= 4 is 11.6 Å². The lowest BCUT2D eigenvalue weighted by Crippen LogP contribution is -2.56. The smallest absolute Gasteiger partial charge is 0.0663 e. The Kier molecular flexibility index (Phi) is 3.62. The molecule has 88 valence electrons. The number of rotatable bonds is 2. The van der Waals surface area contributed by atoms with E-state index in [0.29, 0.717) is 23.0 Å². The van der Waals surface area contributed by atoms with Crippen molar-refractivity contribution < 1.29 is 4.74 Å². The lowest BCUT2D eigenvalue weighted by Gasteiger charge is -2.53. The second-order valence-electron chi connectivity index (χ2n) is 5.52. The molecule has 2 aliphatic carbocycles. The van der Waals surface area contributed by atoms with Gasteiger partial charge in [-0.1, -0.05) is 25.7 Å². The second-order valence-corrected chi connectivity index (χ2v) is 6.05. The van der Waals surface area contributed by atoms with Gasteiger partial charge in [-0.2, -0.15) is 0 Å². The SMILES string of the molecule is CC(C)OC1CC(Cl)C12CCCCCC2. The number of ether oxygens (including phenoxy) is 1. The first kappa shape index (κ1) is 11.7. The highest BCUT2D eigenvalue weighted by atomic mass is 35.5. The summed E-state index contributed by atoms with van der Waals surface area (Å²) in [6.07, 6.45) is 9.91. The number of halogens is 1. The van der Waals surface area contributed by atoms with Crippen LogP contribution in [0, 0.1) is 5.41 Å². The summed E-state index contributed by atoms with van der Waals surface area (Å²) in [7, 11) is 0. The maximum atomic E-state index is 6.46. The zero-order valence-electron chi connectivity index (χ0n) is 9.97. The highest BCUT2D eigenvalue weighted by Gasteiger charge is 2.54. The van der Waals surface area contributed by atoms with Gasteiger partial charge in [0.1, 0.15) is 0 Å². The monoisotopic (exact) mass is 230 g/mol. The van der Waals surface area contributed by atoms with Crippen molar-refractivity contribution in [2.45, 2.75) is 76.4 Å². The number of alkyl halides is 1. The number of hydrogen-bond donors (Lipinski definition) is 0. The number of hydrogen-bond acceptors (Lipinski definition) is 1. The molecule has 2 fully saturated rings. The maximum Gasteiger partial charge on any atom is 0.0663 e. The van der Waals surface area contributed by atoms with Gasteiger partial charge in [-0.3, -0.25) is 0 Å². The van der Waals surface area contributed by atoms with Crippen molar-refractivity contribution in [3.8, 4) is 0 Å². The molecular weight excluding hydrogens is 208 g/mol. The molecule has 0 radical (unpaired) electrons. The van der Waals surface area contributed by atoms with Crippen LogP contribution < -0.4 is 0 Å². The van der Waals surface area contributed by atoms with Gasteiger partial charge in [-0.15, -0.1) is 11.6 Å². The molecule has 0 N–H and O–H groups in total. The standard InChI is InChI=1S/C13H23ClO/c1-10(2)15-12-9-11(14)13(12)7-5-3-4-6-8-13/h10-12H,3-9H2,1-2H3. The average Bonchev–Trinajstić information content (AvgIpc) is 2.43. The van der Waals surface area contributed by atoms with Crippen LogP contribution in [0.3, 0.4) is 0 Å². The molecule has 0 saturated heterocycles. The van der Waals surface area contributed by atoms with E-state index in [0.717, 1.165) is 6.42 Å². The van der Waals surface area contributed by atoms with Crippen LogP contribution in [0.25, 0.3) is 0 Å². The largest absolute Gasteiger partial charge is 0.375 e. The fourth-order valence-corrected chi connectivity index (χ4v) is 3.76. The molecule has 1 nitrogen and oxygen atoms in total. The van der Waals surface area contributed by atoms with E-state index in [4.69, 9.17) is 16.3 Å². The molecule has 2 aliphatic rings. The molecule has 0 amide bonds. The molecule has 2 atom stereocenters. The Morgan fingerprint density at radius 2 is 1.73 bits per heavy atom. The normalized spacial score (nSPS) is 35.2. The van der Waals surface area contributed by atoms with Crippen LogP contribution in [0.2, 0.25) is 0 Å². The Morgan fingerprint density at radius 3 is 2.20 bits per heavy atom. The van der Waals surface area contributed by atoms with Crippen molar-refractivity contribution in [2.24, 2.45) is 5.41 Å². The minimum atomic E-state index is 0.336. The van der Waals surface area contributed by atoms with E-state index in [2.05, 4.69) is 13.8 Å². The fourth-order valence-electron chi connectivity index (χ4n) is 3.24. The van der Waals surface area contributed by atoms with Gasteiger partial charge in [-0.05, 0) is 33.1 Å². The fraction of sp³-hybridized carbons (Fsp3) is 1.00. The molecule has 2 saturated carbocycles. The van der Waals surface area contributed by atoms with Crippen LogP contribution in [-0.4, -0.2) is 17.6 Å². The summed E-state index contributed by atoms with van der Waals surface area (Å²) in [6, 6.07) is 0. The van der Waals surface area contributed by atoms with E-state index >= 15 is 0 Å². The first-order chi connectivity index (χ1) is 7.15. The Morgan fingerprint density at radius 1 is 1.13 bits per heavy atom. The van der Waals surface area contributed by atoms with Crippen LogP contribution in [0.5, 0.6) is 0 Å². The molecule has 2 unspecified atom stereocenters. The molecule has 0 aromatic heterocycles. The molecule has 0 aromatic rings. The van der Waals surface area contributed by atoms with Gasteiger partial charge in [0.05, 0.1) is 12.2 Å². The molecule has 1 spiro atoms. The summed E-state index contributed by atoms with van der Waals surface area (Å²) >= 11 is 6.46. The van der Waals surface area contributed by atoms with E-state index < -0.39 is 0 Å². The molecule has 15 heavy (non-hydrogen) atoms. The third-order valence-electron chi connectivity index (χ3n) is 4.16. The van der Waals surface area contributed by atoms with Gasteiger partial charge in [-0.25, -0.2) is 0 Å². The van der Waals surface area contributed by atoms with E-state index in [9.17, 15) is 0 Å². The summed E-state index contributed by atoms with van der Waals surface area (Å²) < 4.78 is 6.02. The maximum absolute atomic E-state index is 6.46. The van der Waals surface area contributed by atoms with Crippen LogP contribution >= 0.6 is 11.6 Å². The van der Waals surface area contributed by atoms with E-state index in [1.54, 1.807) is 0 Å². The van der Waals surface area contributed by atoms with Crippen molar-refractivity contribution in [2.75, 3.05) is 0 Å². The lowest BCUT2D eigenvalue weighted by molar-refractivity contribution is -0.136. The molecule has 2 rings (SSSR count). The summed E-state index contributed by atoms with van der Waals surface area (Å²) in [4.78, 5) is 0. The van der Waals surface area contributed by atoms with Gasteiger partial charge in [0.25, 0.3) is 0 Å². The topological polar surface area (TPSA) is 9.23 Å². The first-order valence-electron chi connectivity index (χ1n) is 6.45. The molecule has 2 heteroatoms.